The van der Waals surface area contributed by atoms with Crippen LogP contribution < -0.4 is 4.72 Å². The van der Waals surface area contributed by atoms with Gasteiger partial charge in [-0.25, -0.2) is 22.8 Å². The Kier molecular flexibility index (Phi) is 4.96. The van der Waals surface area contributed by atoms with Gasteiger partial charge in [0.25, 0.3) is 0 Å². The van der Waals surface area contributed by atoms with Crippen LogP contribution in [0.2, 0.25) is 0 Å². The first kappa shape index (κ1) is 17.3. The Labute approximate surface area is 147 Å². The SMILES string of the molecule is Cc1cc(C)n(-c2ccc(CNS(=O)(=O)Cc3ccccc3)cn2)n1. The molecule has 0 aliphatic rings. The fourth-order valence-electron chi connectivity index (χ4n) is 2.55. The fourth-order valence-corrected chi connectivity index (χ4v) is 3.67. The molecule has 0 fully saturated rings. The van der Waals surface area contributed by atoms with Gasteiger partial charge in [0.05, 0.1) is 11.4 Å². The van der Waals surface area contributed by atoms with Crippen LogP contribution in [-0.2, 0) is 22.3 Å². The highest BCUT2D eigenvalue weighted by Gasteiger charge is 2.11. The van der Waals surface area contributed by atoms with Gasteiger partial charge >= 0.3 is 0 Å². The molecular weight excluding hydrogens is 336 g/mol. The number of aryl methyl sites for hydroxylation is 2. The number of sulfonamides is 1. The second kappa shape index (κ2) is 7.16. The standard InChI is InChI=1S/C18H20N4O2S/c1-14-10-15(2)22(21-14)18-9-8-17(11-19-18)12-20-25(23,24)13-16-6-4-3-5-7-16/h3-11,20H,12-13H2,1-2H3. The van der Waals surface area contributed by atoms with Crippen molar-refractivity contribution in [3.63, 3.8) is 0 Å². The smallest absolute Gasteiger partial charge is 0.216 e. The van der Waals surface area contributed by atoms with E-state index >= 15 is 0 Å². The summed E-state index contributed by atoms with van der Waals surface area (Å²) in [6.45, 7) is 4.10. The van der Waals surface area contributed by atoms with Crippen molar-refractivity contribution in [2.75, 3.05) is 0 Å². The van der Waals surface area contributed by atoms with Gasteiger partial charge in [0.2, 0.25) is 10.0 Å². The third-order valence-electron chi connectivity index (χ3n) is 3.73. The number of benzene rings is 1. The van der Waals surface area contributed by atoms with Crippen LogP contribution in [0.15, 0.2) is 54.7 Å². The Hall–Kier alpha value is -2.51. The van der Waals surface area contributed by atoms with Crippen molar-refractivity contribution >= 4 is 10.0 Å². The van der Waals surface area contributed by atoms with Crippen LogP contribution in [-0.4, -0.2) is 23.2 Å². The highest BCUT2D eigenvalue weighted by molar-refractivity contribution is 7.88. The van der Waals surface area contributed by atoms with Gasteiger partial charge in [-0.05, 0) is 37.1 Å². The molecule has 0 atom stereocenters. The largest absolute Gasteiger partial charge is 0.237 e. The summed E-state index contributed by atoms with van der Waals surface area (Å²) >= 11 is 0. The van der Waals surface area contributed by atoms with Crippen molar-refractivity contribution in [1.29, 1.82) is 0 Å². The monoisotopic (exact) mass is 356 g/mol. The van der Waals surface area contributed by atoms with E-state index in [4.69, 9.17) is 0 Å². The zero-order chi connectivity index (χ0) is 17.9. The number of nitrogens with one attached hydrogen (secondary N) is 1. The first-order valence-electron chi connectivity index (χ1n) is 7.93. The van der Waals surface area contributed by atoms with Crippen LogP contribution in [0.1, 0.15) is 22.5 Å². The molecule has 3 rings (SSSR count). The van der Waals surface area contributed by atoms with Crippen molar-refractivity contribution in [3.8, 4) is 5.82 Å². The van der Waals surface area contributed by atoms with E-state index in [-0.39, 0.29) is 12.3 Å². The number of nitrogens with zero attached hydrogens (tertiary/aromatic N) is 3. The van der Waals surface area contributed by atoms with E-state index in [2.05, 4.69) is 14.8 Å². The minimum atomic E-state index is -3.39. The summed E-state index contributed by atoms with van der Waals surface area (Å²) in [6, 6.07) is 14.8. The number of aromatic nitrogens is 3. The zero-order valence-electron chi connectivity index (χ0n) is 14.2. The molecular formula is C18H20N4O2S. The van der Waals surface area contributed by atoms with Gasteiger partial charge in [0.15, 0.2) is 5.82 Å². The zero-order valence-corrected chi connectivity index (χ0v) is 15.0. The molecule has 2 aromatic heterocycles. The van der Waals surface area contributed by atoms with Crippen LogP contribution in [0.25, 0.3) is 5.82 Å². The molecule has 7 heteroatoms. The van der Waals surface area contributed by atoms with Crippen molar-refractivity contribution < 1.29 is 8.42 Å². The second-order valence-corrected chi connectivity index (χ2v) is 7.74. The molecule has 25 heavy (non-hydrogen) atoms. The van der Waals surface area contributed by atoms with E-state index in [1.807, 2.05) is 50.2 Å². The normalized spacial score (nSPS) is 11.6. The molecule has 0 aliphatic heterocycles. The second-order valence-electron chi connectivity index (χ2n) is 5.93. The minimum Gasteiger partial charge on any atom is -0.237 e. The van der Waals surface area contributed by atoms with E-state index < -0.39 is 10.0 Å². The maximum atomic E-state index is 12.2. The summed E-state index contributed by atoms with van der Waals surface area (Å²) in [6.07, 6.45) is 1.66. The lowest BCUT2D eigenvalue weighted by Gasteiger charge is -2.08. The van der Waals surface area contributed by atoms with Gasteiger partial charge in [0, 0.05) is 18.4 Å². The Bertz CT molecular complexity index is 949. The van der Waals surface area contributed by atoms with Crippen molar-refractivity contribution in [1.82, 2.24) is 19.5 Å². The first-order valence-corrected chi connectivity index (χ1v) is 9.58. The molecule has 0 radical (unpaired) electrons. The quantitative estimate of drug-likeness (QED) is 0.736. The van der Waals surface area contributed by atoms with E-state index in [1.54, 1.807) is 23.0 Å². The summed E-state index contributed by atoms with van der Waals surface area (Å²) < 4.78 is 28.7. The molecule has 0 saturated carbocycles. The van der Waals surface area contributed by atoms with E-state index in [0.717, 1.165) is 22.5 Å². The molecule has 3 aromatic rings. The van der Waals surface area contributed by atoms with Crippen LogP contribution in [0.3, 0.4) is 0 Å². The lowest BCUT2D eigenvalue weighted by molar-refractivity contribution is 0.580. The van der Waals surface area contributed by atoms with Gasteiger partial charge < -0.3 is 0 Å². The highest BCUT2D eigenvalue weighted by Crippen LogP contribution is 2.11. The number of pyridine rings is 1. The molecule has 6 nitrogen and oxygen atoms in total. The summed E-state index contributed by atoms with van der Waals surface area (Å²) in [5.41, 5.74) is 3.48. The van der Waals surface area contributed by atoms with Crippen LogP contribution >= 0.6 is 0 Å². The van der Waals surface area contributed by atoms with Gasteiger partial charge in [-0.3, -0.25) is 0 Å². The van der Waals surface area contributed by atoms with E-state index in [0.29, 0.717) is 5.82 Å². The molecule has 0 spiro atoms. The molecule has 0 saturated heterocycles. The highest BCUT2D eigenvalue weighted by atomic mass is 32.2. The summed E-state index contributed by atoms with van der Waals surface area (Å²) in [7, 11) is -3.39. The fraction of sp³-hybridized carbons (Fsp3) is 0.222. The average molecular weight is 356 g/mol. The van der Waals surface area contributed by atoms with Crippen molar-refractivity contribution in [2.24, 2.45) is 0 Å². The van der Waals surface area contributed by atoms with Crippen LogP contribution in [0, 0.1) is 13.8 Å². The third-order valence-corrected chi connectivity index (χ3v) is 5.03. The van der Waals surface area contributed by atoms with Gasteiger partial charge in [-0.1, -0.05) is 36.4 Å². The molecule has 2 heterocycles. The molecule has 1 N–H and O–H groups in total. The lowest BCUT2D eigenvalue weighted by Crippen LogP contribution is -2.24. The summed E-state index contributed by atoms with van der Waals surface area (Å²) in [5.74, 6) is 0.673. The topological polar surface area (TPSA) is 76.9 Å². The van der Waals surface area contributed by atoms with Crippen LogP contribution in [0.5, 0.6) is 0 Å². The first-order chi connectivity index (χ1) is 11.9. The average Bonchev–Trinajstić information content (AvgIpc) is 2.92. The predicted octanol–water partition coefficient (Wildman–Crippen LogP) is 2.50. The molecule has 0 unspecified atom stereocenters. The van der Waals surface area contributed by atoms with Crippen molar-refractivity contribution in [2.45, 2.75) is 26.1 Å². The number of hydrogen-bond acceptors (Lipinski definition) is 4. The molecule has 1 aromatic carbocycles. The lowest BCUT2D eigenvalue weighted by atomic mass is 10.2. The van der Waals surface area contributed by atoms with Gasteiger partial charge in [-0.15, -0.1) is 0 Å². The molecule has 130 valence electrons. The molecule has 0 aliphatic carbocycles. The predicted molar refractivity (Wildman–Crippen MR) is 96.7 cm³/mol. The number of hydrogen-bond donors (Lipinski definition) is 1. The van der Waals surface area contributed by atoms with Crippen LogP contribution in [0.4, 0.5) is 0 Å². The third kappa shape index (κ3) is 4.52. The Morgan fingerprint density at radius 2 is 1.80 bits per heavy atom. The van der Waals surface area contributed by atoms with E-state index in [9.17, 15) is 8.42 Å². The maximum absolute atomic E-state index is 12.2. The maximum Gasteiger partial charge on any atom is 0.216 e. The summed E-state index contributed by atoms with van der Waals surface area (Å²) in [5, 5.41) is 4.38. The molecule has 0 bridgehead atoms. The molecule has 0 amide bonds. The van der Waals surface area contributed by atoms with Crippen molar-refractivity contribution in [3.05, 3.63) is 77.2 Å². The van der Waals surface area contributed by atoms with Gasteiger partial charge in [-0.2, -0.15) is 5.10 Å². The minimum absolute atomic E-state index is 0.0366. The Balaban J connectivity index is 1.65. The van der Waals surface area contributed by atoms with E-state index in [1.165, 1.54) is 0 Å². The number of rotatable bonds is 6. The Morgan fingerprint density at radius 3 is 2.40 bits per heavy atom. The summed E-state index contributed by atoms with van der Waals surface area (Å²) in [4.78, 5) is 4.37. The van der Waals surface area contributed by atoms with Gasteiger partial charge in [0.1, 0.15) is 0 Å². The Morgan fingerprint density at radius 1 is 1.04 bits per heavy atom.